The number of carbonyl (C=O) groups excluding carboxylic acids is 1. The van der Waals surface area contributed by atoms with Gasteiger partial charge in [0.2, 0.25) is 5.43 Å². The predicted octanol–water partition coefficient (Wildman–Crippen LogP) is 3.43. The summed E-state index contributed by atoms with van der Waals surface area (Å²) in [7, 11) is 0. The SMILES string of the molecule is O=C1c2c(O)c(=O)ccn2N([C@@H]2c3ccccc3SCc3c2ccc(F)c3F)[C@@H]2Cc3cn[nH]c3CN12. The molecule has 186 valence electrons. The lowest BCUT2D eigenvalue weighted by atomic mass is 9.91. The van der Waals surface area contributed by atoms with Crippen molar-refractivity contribution in [3.8, 4) is 5.75 Å². The Morgan fingerprint density at radius 1 is 1.08 bits per heavy atom. The maximum atomic E-state index is 15.2. The van der Waals surface area contributed by atoms with Crippen molar-refractivity contribution in [2.75, 3.05) is 5.01 Å². The zero-order chi connectivity index (χ0) is 25.4. The van der Waals surface area contributed by atoms with E-state index in [2.05, 4.69) is 10.2 Å². The lowest BCUT2D eigenvalue weighted by molar-refractivity contribution is 0.0497. The van der Waals surface area contributed by atoms with E-state index in [1.807, 2.05) is 29.3 Å². The third kappa shape index (κ3) is 3.10. The van der Waals surface area contributed by atoms with Crippen molar-refractivity contribution in [1.82, 2.24) is 19.8 Å². The van der Waals surface area contributed by atoms with Crippen LogP contribution in [0.5, 0.6) is 5.75 Å². The number of nitrogens with zero attached hydrogens (tertiary/aromatic N) is 4. The van der Waals surface area contributed by atoms with Crippen molar-refractivity contribution < 1.29 is 18.7 Å². The van der Waals surface area contributed by atoms with Crippen molar-refractivity contribution in [2.45, 2.75) is 35.8 Å². The van der Waals surface area contributed by atoms with Gasteiger partial charge in [-0.25, -0.2) is 8.78 Å². The number of thioether (sulfide) groups is 1. The summed E-state index contributed by atoms with van der Waals surface area (Å²) >= 11 is 1.41. The molecule has 3 aliphatic heterocycles. The topological polar surface area (TPSA) is 94.5 Å². The minimum absolute atomic E-state index is 0.176. The molecule has 11 heteroatoms. The second-order valence-corrected chi connectivity index (χ2v) is 10.3. The van der Waals surface area contributed by atoms with Gasteiger partial charge in [0, 0.05) is 34.9 Å². The first-order chi connectivity index (χ1) is 17.9. The van der Waals surface area contributed by atoms with E-state index in [4.69, 9.17) is 0 Å². The number of pyridine rings is 1. The smallest absolute Gasteiger partial charge is 0.278 e. The molecule has 0 saturated heterocycles. The van der Waals surface area contributed by atoms with Crippen LogP contribution in [0, 0.1) is 11.6 Å². The molecule has 37 heavy (non-hydrogen) atoms. The number of halogens is 2. The third-order valence-corrected chi connectivity index (χ3v) is 8.46. The second kappa shape index (κ2) is 7.94. The lowest BCUT2D eigenvalue weighted by Gasteiger charge is -2.51. The Morgan fingerprint density at radius 3 is 2.78 bits per heavy atom. The standard InChI is InChI=1S/C26H19F2N5O3S/c27-17-6-5-14-16(22(17)28)12-37-20-4-2-1-3-15(20)23(14)33-21-9-13-10-29-30-18(13)11-31(21)26(36)24-25(35)19(34)7-8-32(24)33/h1-8,10,21,23,35H,9,11-12H2,(H,29,30)/t21-,23+/m1/s1. The Labute approximate surface area is 213 Å². The number of rotatable bonds is 1. The van der Waals surface area contributed by atoms with Gasteiger partial charge in [-0.1, -0.05) is 24.3 Å². The van der Waals surface area contributed by atoms with Crippen molar-refractivity contribution >= 4 is 17.7 Å². The minimum Gasteiger partial charge on any atom is -0.502 e. The largest absolute Gasteiger partial charge is 0.502 e. The zero-order valence-electron chi connectivity index (χ0n) is 19.2. The summed E-state index contributed by atoms with van der Waals surface area (Å²) in [6.07, 6.45) is 3.01. The predicted molar refractivity (Wildman–Crippen MR) is 131 cm³/mol. The number of aromatic amines is 1. The number of H-pyrrole nitrogens is 1. The molecule has 0 spiro atoms. The Kier molecular flexibility index (Phi) is 4.74. The molecule has 5 heterocycles. The van der Waals surface area contributed by atoms with E-state index in [-0.39, 0.29) is 23.6 Å². The quantitative estimate of drug-likeness (QED) is 0.400. The molecule has 2 N–H and O–H groups in total. The van der Waals surface area contributed by atoms with Crippen LogP contribution in [0.2, 0.25) is 0 Å². The van der Waals surface area contributed by atoms with Crippen LogP contribution < -0.4 is 10.4 Å². The fourth-order valence-electron chi connectivity index (χ4n) is 5.61. The van der Waals surface area contributed by atoms with Crippen LogP contribution in [-0.4, -0.2) is 37.0 Å². The van der Waals surface area contributed by atoms with E-state index in [1.165, 1.54) is 28.7 Å². The van der Waals surface area contributed by atoms with E-state index in [0.717, 1.165) is 27.8 Å². The highest BCUT2D eigenvalue weighted by atomic mass is 32.2. The normalized spacial score (nSPS) is 19.9. The summed E-state index contributed by atoms with van der Waals surface area (Å²) in [6.45, 7) is 0.186. The number of fused-ring (bicyclic) bond motifs is 5. The van der Waals surface area contributed by atoms with Gasteiger partial charge in [-0.2, -0.15) is 5.10 Å². The van der Waals surface area contributed by atoms with Crippen molar-refractivity contribution in [2.24, 2.45) is 0 Å². The van der Waals surface area contributed by atoms with Crippen LogP contribution in [0.25, 0.3) is 0 Å². The van der Waals surface area contributed by atoms with Crippen LogP contribution in [0.1, 0.15) is 44.5 Å². The van der Waals surface area contributed by atoms with Crippen LogP contribution >= 0.6 is 11.8 Å². The van der Waals surface area contributed by atoms with Gasteiger partial charge in [0.1, 0.15) is 6.17 Å². The molecule has 1 amide bonds. The summed E-state index contributed by atoms with van der Waals surface area (Å²) in [6, 6.07) is 10.9. The van der Waals surface area contributed by atoms with E-state index in [9.17, 15) is 19.1 Å². The van der Waals surface area contributed by atoms with Crippen LogP contribution in [0.15, 0.2) is 64.5 Å². The highest BCUT2D eigenvalue weighted by Gasteiger charge is 2.47. The fourth-order valence-corrected chi connectivity index (χ4v) is 6.73. The first-order valence-electron chi connectivity index (χ1n) is 11.7. The van der Waals surface area contributed by atoms with Gasteiger partial charge < -0.3 is 10.0 Å². The molecule has 0 radical (unpaired) electrons. The molecule has 0 saturated carbocycles. The summed E-state index contributed by atoms with van der Waals surface area (Å²) in [5, 5.41) is 19.7. The Morgan fingerprint density at radius 2 is 1.92 bits per heavy atom. The van der Waals surface area contributed by atoms with Crippen molar-refractivity contribution in [3.63, 3.8) is 0 Å². The fraction of sp³-hybridized carbons (Fsp3) is 0.192. The van der Waals surface area contributed by atoms with Gasteiger partial charge in [0.25, 0.3) is 5.91 Å². The van der Waals surface area contributed by atoms with Gasteiger partial charge >= 0.3 is 0 Å². The Bertz CT molecular complexity index is 1670. The molecule has 2 aromatic carbocycles. The summed E-state index contributed by atoms with van der Waals surface area (Å²) in [4.78, 5) is 28.5. The monoisotopic (exact) mass is 519 g/mol. The molecule has 0 aliphatic carbocycles. The number of aromatic nitrogens is 3. The summed E-state index contributed by atoms with van der Waals surface area (Å²) in [5.74, 6) is -2.77. The van der Waals surface area contributed by atoms with Crippen molar-refractivity contribution in [1.29, 1.82) is 0 Å². The van der Waals surface area contributed by atoms with E-state index in [0.29, 0.717) is 12.0 Å². The van der Waals surface area contributed by atoms with Crippen LogP contribution in [0.3, 0.4) is 0 Å². The molecular weight excluding hydrogens is 500 g/mol. The molecular formula is C26H19F2N5O3S. The first kappa shape index (κ1) is 22.1. The van der Waals surface area contributed by atoms with Gasteiger partial charge in [-0.05, 0) is 28.8 Å². The second-order valence-electron chi connectivity index (χ2n) is 9.25. The zero-order valence-corrected chi connectivity index (χ0v) is 20.0. The maximum Gasteiger partial charge on any atom is 0.278 e. The van der Waals surface area contributed by atoms with Crippen molar-refractivity contribution in [3.05, 3.63) is 110 Å². The molecule has 2 aromatic heterocycles. The van der Waals surface area contributed by atoms with Crippen LogP contribution in [0.4, 0.5) is 8.78 Å². The lowest BCUT2D eigenvalue weighted by Crippen LogP contribution is -2.64. The number of benzene rings is 2. The number of hydrogen-bond acceptors (Lipinski definition) is 6. The molecule has 8 nitrogen and oxygen atoms in total. The van der Waals surface area contributed by atoms with Gasteiger partial charge in [0.05, 0.1) is 24.5 Å². The molecule has 4 aromatic rings. The number of amides is 1. The molecule has 2 atom stereocenters. The van der Waals surface area contributed by atoms with E-state index >= 15 is 4.39 Å². The molecule has 0 fully saturated rings. The Hall–Kier alpha value is -4.12. The highest BCUT2D eigenvalue weighted by Crippen LogP contribution is 2.46. The third-order valence-electron chi connectivity index (χ3n) is 7.35. The average molecular weight is 520 g/mol. The number of carbonyl (C=O) groups is 1. The van der Waals surface area contributed by atoms with Gasteiger partial charge in [0.15, 0.2) is 23.1 Å². The first-order valence-corrected chi connectivity index (χ1v) is 12.7. The number of aromatic hydroxyl groups is 1. The van der Waals surface area contributed by atoms with Crippen LogP contribution in [-0.2, 0) is 18.7 Å². The summed E-state index contributed by atoms with van der Waals surface area (Å²) in [5.41, 5.74) is 2.46. The number of hydrogen-bond donors (Lipinski definition) is 2. The molecule has 0 bridgehead atoms. The van der Waals surface area contributed by atoms with E-state index < -0.39 is 40.9 Å². The average Bonchev–Trinajstić information content (AvgIpc) is 3.29. The summed E-state index contributed by atoms with van der Waals surface area (Å²) < 4.78 is 31.1. The van der Waals surface area contributed by atoms with Gasteiger partial charge in [-0.15, -0.1) is 11.8 Å². The maximum absolute atomic E-state index is 15.2. The van der Waals surface area contributed by atoms with Gasteiger partial charge in [-0.3, -0.25) is 24.4 Å². The number of nitrogens with one attached hydrogen (secondary N) is 1. The molecule has 7 rings (SSSR count). The molecule has 0 unspecified atom stereocenters. The highest BCUT2D eigenvalue weighted by molar-refractivity contribution is 7.98. The minimum atomic E-state index is -0.929. The van der Waals surface area contributed by atoms with E-state index in [1.54, 1.807) is 17.2 Å². The molecule has 3 aliphatic rings. The Balaban J connectivity index is 1.54.